The van der Waals surface area contributed by atoms with Gasteiger partial charge < -0.3 is 23.7 Å². The van der Waals surface area contributed by atoms with Crippen LogP contribution in [0.25, 0.3) is 0 Å². The molecular weight excluding hydrogens is 1070 g/mol. The number of hydrogen-bond donors (Lipinski definition) is 0. The van der Waals surface area contributed by atoms with Crippen LogP contribution < -0.4 is 23.7 Å². The second kappa shape index (κ2) is 28.9. The number of hydrogen-bond acceptors (Lipinski definition) is 9. The highest BCUT2D eigenvalue weighted by Gasteiger charge is 2.15. The van der Waals surface area contributed by atoms with Crippen molar-refractivity contribution >= 4 is 23.5 Å². The Kier molecular flexibility index (Phi) is 20.1. The van der Waals surface area contributed by atoms with Gasteiger partial charge in [-0.05, 0) is 205 Å². The van der Waals surface area contributed by atoms with E-state index < -0.39 is 11.9 Å². The minimum Gasteiger partial charge on any atom is -0.457 e. The lowest BCUT2D eigenvalue weighted by atomic mass is 10.0. The van der Waals surface area contributed by atoms with Gasteiger partial charge in [0.25, 0.3) is 0 Å². The van der Waals surface area contributed by atoms with Gasteiger partial charge in [-0.15, -0.1) is 0 Å². The van der Waals surface area contributed by atoms with E-state index in [1.165, 1.54) is 22.3 Å². The summed E-state index contributed by atoms with van der Waals surface area (Å²) in [6, 6.07) is 82.3. The van der Waals surface area contributed by atoms with Gasteiger partial charge >= 0.3 is 11.9 Å². The average Bonchev–Trinajstić information content (AvgIpc) is 3.51. The highest BCUT2D eigenvalue weighted by Crippen LogP contribution is 2.27. The summed E-state index contributed by atoms with van der Waals surface area (Å²) in [5.74, 6) is 4.60. The molecule has 0 aliphatic carbocycles. The Morgan fingerprint density at radius 2 is 0.395 bits per heavy atom. The summed E-state index contributed by atoms with van der Waals surface area (Å²) in [5.41, 5.74) is 12.5. The first-order valence-electron chi connectivity index (χ1n) is 28.1. The predicted octanol–water partition coefficient (Wildman–Crippen LogP) is 18.8. The van der Waals surface area contributed by atoms with E-state index >= 15 is 0 Å². The third kappa shape index (κ3) is 17.6. The molecule has 0 radical (unpaired) electrons. The van der Waals surface area contributed by atoms with Crippen LogP contribution >= 0.6 is 0 Å². The van der Waals surface area contributed by atoms with Gasteiger partial charge in [0.1, 0.15) is 46.0 Å². The van der Waals surface area contributed by atoms with Crippen LogP contribution in [0.5, 0.6) is 46.0 Å². The summed E-state index contributed by atoms with van der Waals surface area (Å²) in [7, 11) is 0. The fourth-order valence-corrected chi connectivity index (χ4v) is 8.59. The Hall–Kier alpha value is -10.9. The highest BCUT2D eigenvalue weighted by atomic mass is 16.5. The molecule has 426 valence electrons. The molecule has 11 rings (SSSR count). The molecule has 0 fully saturated rings. The molecule has 0 saturated heterocycles. The molecule has 0 spiro atoms. The monoisotopic (exact) mass is 1130 g/mol. The third-order valence-electron chi connectivity index (χ3n) is 13.7. The average molecular weight is 1130 g/mol. The zero-order valence-electron chi connectivity index (χ0n) is 48.8. The van der Waals surface area contributed by atoms with E-state index in [-0.39, 0.29) is 11.6 Å². The normalized spacial score (nSPS) is 10.4. The number of esters is 2. The minimum atomic E-state index is -0.467. The summed E-state index contributed by atoms with van der Waals surface area (Å²) in [5, 5.41) is 0. The van der Waals surface area contributed by atoms with Crippen LogP contribution in [0.2, 0.25) is 0 Å². The van der Waals surface area contributed by atoms with Crippen molar-refractivity contribution in [1.29, 1.82) is 0 Å². The molecule has 0 N–H and O–H groups in total. The number of rotatable bonds is 16. The number of ether oxygens (including phenoxy) is 5. The van der Waals surface area contributed by atoms with Crippen molar-refractivity contribution in [3.63, 3.8) is 0 Å². The summed E-state index contributed by atoms with van der Waals surface area (Å²) in [6.45, 7) is 12.1. The van der Waals surface area contributed by atoms with Crippen LogP contribution in [0.15, 0.2) is 267 Å². The Balaban J connectivity index is 0.000000155. The van der Waals surface area contributed by atoms with Crippen LogP contribution in [-0.4, -0.2) is 23.5 Å². The standard InChI is InChI=1S/C28H22O4.C27H24O2.C22H18O3/c1-19-3-13-24(14-4-19)31-25-17-11-22(12-18-25)27(29)21-7-9-23(10-8-21)28(30)32-26-15-5-20(2)6-16-26;1-20-3-11-24(12-4-20)28-26-15-7-22(8-16-26)19-23-9-17-27(18-10-23)29-25-13-5-21(2)6-14-25;1-15-3-7-17(8-4-15)21(23)18-11-13-20(14-12-18)25-22(24)19-9-5-16(2)6-10-19/h3-18H,1-2H3;3-18H,19H2,1-2H3;3-14H,1-2H3. The van der Waals surface area contributed by atoms with E-state index in [2.05, 4.69) is 62.4 Å². The van der Waals surface area contributed by atoms with E-state index in [1.54, 1.807) is 97.1 Å². The zero-order valence-corrected chi connectivity index (χ0v) is 48.8. The smallest absolute Gasteiger partial charge is 0.343 e. The molecule has 0 aromatic heterocycles. The molecule has 86 heavy (non-hydrogen) atoms. The Labute approximate surface area is 502 Å². The lowest BCUT2D eigenvalue weighted by molar-refractivity contribution is 0.0725. The molecular formula is C77H64O9. The Morgan fingerprint density at radius 1 is 0.221 bits per heavy atom. The van der Waals surface area contributed by atoms with Gasteiger partial charge in [0.2, 0.25) is 0 Å². The van der Waals surface area contributed by atoms with Crippen molar-refractivity contribution in [2.75, 3.05) is 0 Å². The maximum atomic E-state index is 12.8. The van der Waals surface area contributed by atoms with Gasteiger partial charge in [-0.25, -0.2) is 9.59 Å². The molecule has 11 aromatic rings. The van der Waals surface area contributed by atoms with E-state index in [9.17, 15) is 19.2 Å². The van der Waals surface area contributed by atoms with Gasteiger partial charge in [-0.1, -0.05) is 155 Å². The van der Waals surface area contributed by atoms with E-state index in [0.717, 1.165) is 57.4 Å². The Bertz CT molecular complexity index is 3920. The maximum absolute atomic E-state index is 12.8. The lowest BCUT2D eigenvalue weighted by Crippen LogP contribution is -2.09. The number of benzene rings is 11. The fraction of sp³-hybridized carbons (Fsp3) is 0.0909. The molecule has 0 heterocycles. The van der Waals surface area contributed by atoms with Crippen LogP contribution in [0.3, 0.4) is 0 Å². The molecule has 0 bridgehead atoms. The van der Waals surface area contributed by atoms with Crippen molar-refractivity contribution in [2.24, 2.45) is 0 Å². The quantitative estimate of drug-likeness (QED) is 0.0530. The van der Waals surface area contributed by atoms with Gasteiger partial charge in [-0.2, -0.15) is 0 Å². The molecule has 9 heteroatoms. The summed E-state index contributed by atoms with van der Waals surface area (Å²) in [6.07, 6.45) is 0.871. The lowest BCUT2D eigenvalue weighted by Gasteiger charge is -2.09. The molecule has 0 aliphatic rings. The van der Waals surface area contributed by atoms with E-state index in [1.807, 2.05) is 149 Å². The van der Waals surface area contributed by atoms with E-state index in [4.69, 9.17) is 23.7 Å². The van der Waals surface area contributed by atoms with Crippen LogP contribution in [-0.2, 0) is 6.42 Å². The first-order chi connectivity index (χ1) is 41.6. The van der Waals surface area contributed by atoms with Crippen molar-refractivity contribution < 1.29 is 42.9 Å². The summed E-state index contributed by atoms with van der Waals surface area (Å²) >= 11 is 0. The third-order valence-corrected chi connectivity index (χ3v) is 13.7. The van der Waals surface area contributed by atoms with E-state index in [0.29, 0.717) is 50.6 Å². The SMILES string of the molecule is Cc1ccc(C(=O)Oc2ccc(C(=O)c3ccc(C)cc3)cc2)cc1.Cc1ccc(OC(=O)c2ccc(C(=O)c3ccc(Oc4ccc(C)cc4)cc3)cc2)cc1.Cc1ccc(Oc2ccc(Cc3ccc(Oc4ccc(C)cc4)cc3)cc2)cc1. The maximum Gasteiger partial charge on any atom is 0.343 e. The molecule has 11 aromatic carbocycles. The first kappa shape index (κ1) is 59.7. The second-order valence-corrected chi connectivity index (χ2v) is 20.8. The van der Waals surface area contributed by atoms with Crippen LogP contribution in [0, 0.1) is 41.5 Å². The van der Waals surface area contributed by atoms with Gasteiger partial charge in [0, 0.05) is 22.3 Å². The van der Waals surface area contributed by atoms with Gasteiger partial charge in [-0.3, -0.25) is 9.59 Å². The zero-order chi connectivity index (χ0) is 60.4. The highest BCUT2D eigenvalue weighted by molar-refractivity contribution is 6.10. The number of carbonyl (C=O) groups is 4. The fourth-order valence-electron chi connectivity index (χ4n) is 8.59. The van der Waals surface area contributed by atoms with Gasteiger partial charge in [0.15, 0.2) is 11.6 Å². The number of aryl methyl sites for hydroxylation is 6. The van der Waals surface area contributed by atoms with Crippen LogP contribution in [0.4, 0.5) is 0 Å². The van der Waals surface area contributed by atoms with Crippen molar-refractivity contribution in [1.82, 2.24) is 0 Å². The van der Waals surface area contributed by atoms with Crippen LogP contribution in [0.1, 0.15) is 97.1 Å². The Morgan fingerprint density at radius 3 is 0.674 bits per heavy atom. The van der Waals surface area contributed by atoms with Crippen molar-refractivity contribution in [2.45, 2.75) is 48.0 Å². The second-order valence-electron chi connectivity index (χ2n) is 20.8. The number of carbonyl (C=O) groups excluding carboxylic acids is 4. The van der Waals surface area contributed by atoms with Gasteiger partial charge in [0.05, 0.1) is 11.1 Å². The molecule has 0 unspecified atom stereocenters. The number of ketones is 2. The van der Waals surface area contributed by atoms with Crippen molar-refractivity contribution in [3.8, 4) is 46.0 Å². The molecule has 0 amide bonds. The first-order valence-corrected chi connectivity index (χ1v) is 28.1. The van der Waals surface area contributed by atoms with Crippen molar-refractivity contribution in [3.05, 3.63) is 345 Å². The largest absolute Gasteiger partial charge is 0.457 e. The molecule has 0 atom stereocenters. The summed E-state index contributed by atoms with van der Waals surface area (Å²) in [4.78, 5) is 49.7. The molecule has 9 nitrogen and oxygen atoms in total. The summed E-state index contributed by atoms with van der Waals surface area (Å²) < 4.78 is 28.3. The molecule has 0 aliphatic heterocycles. The topological polar surface area (TPSA) is 114 Å². The predicted molar refractivity (Wildman–Crippen MR) is 339 cm³/mol. The molecule has 0 saturated carbocycles. The minimum absolute atomic E-state index is 0.0589.